The van der Waals surface area contributed by atoms with Crippen molar-refractivity contribution in [2.24, 2.45) is 0 Å². The highest BCUT2D eigenvalue weighted by Crippen LogP contribution is 2.29. The molecule has 5 nitrogen and oxygen atoms in total. The van der Waals surface area contributed by atoms with Gasteiger partial charge >= 0.3 is 0 Å². The van der Waals surface area contributed by atoms with Crippen molar-refractivity contribution in [2.45, 2.75) is 18.2 Å². The van der Waals surface area contributed by atoms with E-state index in [0.717, 1.165) is 19.5 Å². The van der Waals surface area contributed by atoms with Gasteiger partial charge < -0.3 is 9.64 Å². The van der Waals surface area contributed by atoms with Crippen LogP contribution in [0.5, 0.6) is 5.75 Å². The van der Waals surface area contributed by atoms with Crippen LogP contribution in [0.1, 0.15) is 13.3 Å². The van der Waals surface area contributed by atoms with Gasteiger partial charge in [-0.3, -0.25) is 0 Å². The zero-order valence-electron chi connectivity index (χ0n) is 12.4. The molecule has 1 aliphatic rings. The van der Waals surface area contributed by atoms with Gasteiger partial charge in [0.2, 0.25) is 10.0 Å². The molecule has 2 rings (SSSR count). The Bertz CT molecular complexity index is 584. The topological polar surface area (TPSA) is 49.9 Å². The van der Waals surface area contributed by atoms with Gasteiger partial charge in [-0.15, -0.1) is 0 Å². The fraction of sp³-hybridized carbons (Fsp3) is 0.571. The van der Waals surface area contributed by atoms with E-state index >= 15 is 0 Å². The van der Waals surface area contributed by atoms with Crippen molar-refractivity contribution in [3.8, 4) is 5.75 Å². The van der Waals surface area contributed by atoms with Crippen LogP contribution >= 0.6 is 11.6 Å². The molecule has 0 radical (unpaired) electrons. The van der Waals surface area contributed by atoms with Gasteiger partial charge in [-0.1, -0.05) is 18.5 Å². The van der Waals surface area contributed by atoms with Crippen molar-refractivity contribution < 1.29 is 13.2 Å². The Kier molecular flexibility index (Phi) is 5.48. The van der Waals surface area contributed by atoms with Gasteiger partial charge in [-0.25, -0.2) is 8.42 Å². The molecule has 0 amide bonds. The Morgan fingerprint density at radius 1 is 1.24 bits per heavy atom. The van der Waals surface area contributed by atoms with Crippen LogP contribution in [-0.4, -0.2) is 57.5 Å². The van der Waals surface area contributed by atoms with Crippen LogP contribution in [0.2, 0.25) is 5.02 Å². The Morgan fingerprint density at radius 2 is 1.90 bits per heavy atom. The predicted molar refractivity (Wildman–Crippen MR) is 83.5 cm³/mol. The third kappa shape index (κ3) is 3.88. The van der Waals surface area contributed by atoms with Crippen LogP contribution in [0.4, 0.5) is 0 Å². The molecule has 0 unspecified atom stereocenters. The molecule has 1 fully saturated rings. The third-order valence-corrected chi connectivity index (χ3v) is 5.67. The normalized spacial score (nSPS) is 17.9. The lowest BCUT2D eigenvalue weighted by molar-refractivity contribution is 0.222. The van der Waals surface area contributed by atoms with E-state index in [4.69, 9.17) is 16.3 Å². The first kappa shape index (κ1) is 16.5. The van der Waals surface area contributed by atoms with Crippen molar-refractivity contribution in [3.63, 3.8) is 0 Å². The largest absolute Gasteiger partial charge is 0.492 e. The molecule has 0 N–H and O–H groups in total. The average molecular weight is 333 g/mol. The Hall–Kier alpha value is -0.820. The van der Waals surface area contributed by atoms with Crippen LogP contribution in [-0.2, 0) is 10.0 Å². The van der Waals surface area contributed by atoms with Gasteiger partial charge in [0.15, 0.2) is 0 Å². The Balaban J connectivity index is 2.23. The van der Waals surface area contributed by atoms with Crippen molar-refractivity contribution in [1.29, 1.82) is 0 Å². The number of piperazine rings is 1. The molecule has 0 aliphatic carbocycles. The van der Waals surface area contributed by atoms with Gasteiger partial charge in [-0.2, -0.15) is 4.31 Å². The first-order valence-electron chi connectivity index (χ1n) is 7.06. The third-order valence-electron chi connectivity index (χ3n) is 3.46. The fourth-order valence-electron chi connectivity index (χ4n) is 2.14. The number of hydrogen-bond donors (Lipinski definition) is 0. The highest BCUT2D eigenvalue weighted by atomic mass is 35.5. The van der Waals surface area contributed by atoms with Crippen LogP contribution in [0.25, 0.3) is 0 Å². The van der Waals surface area contributed by atoms with E-state index in [2.05, 4.69) is 4.90 Å². The maximum absolute atomic E-state index is 12.6. The van der Waals surface area contributed by atoms with Crippen molar-refractivity contribution in [2.75, 3.05) is 39.8 Å². The molecule has 1 heterocycles. The van der Waals surface area contributed by atoms with E-state index in [1.807, 2.05) is 14.0 Å². The molecule has 0 bridgehead atoms. The molecule has 0 spiro atoms. The summed E-state index contributed by atoms with van der Waals surface area (Å²) in [7, 11) is -1.49. The molecule has 0 saturated carbocycles. The SMILES string of the molecule is CCCOc1cc(S(=O)(=O)N2CCN(C)CC2)ccc1Cl. The van der Waals surface area contributed by atoms with E-state index in [-0.39, 0.29) is 4.90 Å². The monoisotopic (exact) mass is 332 g/mol. The molecule has 1 aliphatic heterocycles. The van der Waals surface area contributed by atoms with Gasteiger partial charge in [0.05, 0.1) is 16.5 Å². The minimum absolute atomic E-state index is 0.238. The molecule has 7 heteroatoms. The highest BCUT2D eigenvalue weighted by Gasteiger charge is 2.28. The van der Waals surface area contributed by atoms with Crippen LogP contribution < -0.4 is 4.74 Å². The van der Waals surface area contributed by atoms with Crippen LogP contribution in [0, 0.1) is 0 Å². The summed E-state index contributed by atoms with van der Waals surface area (Å²) in [5, 5.41) is 0.431. The molecule has 21 heavy (non-hydrogen) atoms. The smallest absolute Gasteiger partial charge is 0.243 e. The molecule has 0 aromatic heterocycles. The molecule has 1 aromatic carbocycles. The Labute approximate surface area is 131 Å². The second-order valence-electron chi connectivity index (χ2n) is 5.15. The fourth-order valence-corrected chi connectivity index (χ4v) is 3.75. The maximum Gasteiger partial charge on any atom is 0.243 e. The summed E-state index contributed by atoms with van der Waals surface area (Å²) in [4.78, 5) is 2.35. The second-order valence-corrected chi connectivity index (χ2v) is 7.49. The molecule has 1 saturated heterocycles. The number of likely N-dealkylation sites (N-methyl/N-ethyl adjacent to an activating group) is 1. The second kappa shape index (κ2) is 6.96. The van der Waals surface area contributed by atoms with Crippen molar-refractivity contribution >= 4 is 21.6 Å². The van der Waals surface area contributed by atoms with Crippen LogP contribution in [0.15, 0.2) is 23.1 Å². The lowest BCUT2D eigenvalue weighted by Gasteiger charge is -2.31. The standard InChI is InChI=1S/C14H21ClN2O3S/c1-3-10-20-14-11-12(4-5-13(14)15)21(18,19)17-8-6-16(2)7-9-17/h4-5,11H,3,6-10H2,1-2H3. The summed E-state index contributed by atoms with van der Waals surface area (Å²) < 4.78 is 32.3. The Morgan fingerprint density at radius 3 is 2.52 bits per heavy atom. The number of nitrogens with zero attached hydrogens (tertiary/aromatic N) is 2. The zero-order chi connectivity index (χ0) is 15.5. The minimum Gasteiger partial charge on any atom is -0.492 e. The number of halogens is 1. The molecule has 1 aromatic rings. The van der Waals surface area contributed by atoms with Crippen molar-refractivity contribution in [3.05, 3.63) is 23.2 Å². The van der Waals surface area contributed by atoms with Crippen LogP contribution in [0.3, 0.4) is 0 Å². The van der Waals surface area contributed by atoms with E-state index in [1.165, 1.54) is 16.4 Å². The summed E-state index contributed by atoms with van der Waals surface area (Å²) in [5.74, 6) is 0.425. The first-order chi connectivity index (χ1) is 9.95. The number of hydrogen-bond acceptors (Lipinski definition) is 4. The number of ether oxygens (including phenoxy) is 1. The predicted octanol–water partition coefficient (Wildman–Crippen LogP) is 2.06. The van der Waals surface area contributed by atoms with Gasteiger partial charge in [-0.05, 0) is 25.6 Å². The summed E-state index contributed by atoms with van der Waals surface area (Å²) in [6.07, 6.45) is 0.839. The molecular weight excluding hydrogens is 312 g/mol. The minimum atomic E-state index is -3.48. The highest BCUT2D eigenvalue weighted by molar-refractivity contribution is 7.89. The number of rotatable bonds is 5. The van der Waals surface area contributed by atoms with Gasteiger partial charge in [0.25, 0.3) is 0 Å². The quantitative estimate of drug-likeness (QED) is 0.828. The average Bonchev–Trinajstić information content (AvgIpc) is 2.46. The molecular formula is C14H21ClN2O3S. The first-order valence-corrected chi connectivity index (χ1v) is 8.88. The summed E-state index contributed by atoms with van der Waals surface area (Å²) >= 11 is 6.05. The van der Waals surface area contributed by atoms with E-state index in [1.54, 1.807) is 6.07 Å². The van der Waals surface area contributed by atoms with E-state index in [9.17, 15) is 8.42 Å². The number of sulfonamides is 1. The van der Waals surface area contributed by atoms with Crippen molar-refractivity contribution in [1.82, 2.24) is 9.21 Å². The summed E-state index contributed by atoms with van der Waals surface area (Å²) in [6, 6.07) is 4.63. The van der Waals surface area contributed by atoms with E-state index < -0.39 is 10.0 Å². The summed E-state index contributed by atoms with van der Waals surface area (Å²) in [6.45, 7) is 4.99. The lowest BCUT2D eigenvalue weighted by Crippen LogP contribution is -2.47. The van der Waals surface area contributed by atoms with Gasteiger partial charge in [0, 0.05) is 32.2 Å². The van der Waals surface area contributed by atoms with E-state index in [0.29, 0.717) is 30.5 Å². The van der Waals surface area contributed by atoms with Gasteiger partial charge in [0.1, 0.15) is 5.75 Å². The molecule has 118 valence electrons. The zero-order valence-corrected chi connectivity index (χ0v) is 14.0. The summed E-state index contributed by atoms with van der Waals surface area (Å²) in [5.41, 5.74) is 0. The maximum atomic E-state index is 12.6. The lowest BCUT2D eigenvalue weighted by atomic mass is 10.3. The number of benzene rings is 1. The molecule has 0 atom stereocenters.